The Morgan fingerprint density at radius 3 is 2.03 bits per heavy atom. The predicted molar refractivity (Wildman–Crippen MR) is 125 cm³/mol. The summed E-state index contributed by atoms with van der Waals surface area (Å²) in [6.45, 7) is -0.705. The summed E-state index contributed by atoms with van der Waals surface area (Å²) in [6, 6.07) is 21.2. The Balaban J connectivity index is 1.65. The zero-order chi connectivity index (χ0) is 22.9. The molecule has 1 aromatic heterocycles. The van der Waals surface area contributed by atoms with Crippen molar-refractivity contribution in [3.8, 4) is 0 Å². The van der Waals surface area contributed by atoms with Crippen molar-refractivity contribution in [2.24, 2.45) is 5.73 Å². The molecule has 4 rings (SSSR count). The largest absolute Gasteiger partial charge is 0.390 e. The van der Waals surface area contributed by atoms with Crippen LogP contribution >= 0.6 is 11.6 Å². The third-order valence-electron chi connectivity index (χ3n) is 5.27. The molecule has 0 radical (unpaired) electrons. The van der Waals surface area contributed by atoms with Crippen molar-refractivity contribution in [1.29, 1.82) is 0 Å². The first-order valence-corrected chi connectivity index (χ1v) is 11.8. The molecular formula is C23H22ClN3O4S. The van der Waals surface area contributed by atoms with Gasteiger partial charge in [0.15, 0.2) is 0 Å². The lowest BCUT2D eigenvalue weighted by Crippen LogP contribution is -2.43. The van der Waals surface area contributed by atoms with Crippen LogP contribution in [-0.4, -0.2) is 47.5 Å². The van der Waals surface area contributed by atoms with Gasteiger partial charge in [-0.15, -0.1) is 0 Å². The number of nitrogens with two attached hydrogens (primary N) is 1. The number of halogens is 1. The Bertz CT molecular complexity index is 1330. The number of para-hydroxylation sites is 2. The maximum atomic E-state index is 13.1. The van der Waals surface area contributed by atoms with E-state index >= 15 is 0 Å². The van der Waals surface area contributed by atoms with Crippen molar-refractivity contribution < 1.29 is 18.3 Å². The van der Waals surface area contributed by atoms with Crippen LogP contribution in [-0.2, 0) is 21.4 Å². The number of benzene rings is 3. The normalized spacial score (nSPS) is 13.1. The fourth-order valence-electron chi connectivity index (χ4n) is 3.88. The highest BCUT2D eigenvalue weighted by Crippen LogP contribution is 2.29. The summed E-state index contributed by atoms with van der Waals surface area (Å²) < 4.78 is 29.0. The van der Waals surface area contributed by atoms with E-state index in [1.807, 2.05) is 53.1 Å². The average molecular weight is 472 g/mol. The second-order valence-corrected chi connectivity index (χ2v) is 9.89. The second-order valence-electron chi connectivity index (χ2n) is 7.52. The van der Waals surface area contributed by atoms with E-state index in [9.17, 15) is 18.3 Å². The van der Waals surface area contributed by atoms with Gasteiger partial charge in [0.2, 0.25) is 15.9 Å². The van der Waals surface area contributed by atoms with Crippen molar-refractivity contribution in [3.63, 3.8) is 0 Å². The molecule has 9 heteroatoms. The molecule has 0 aliphatic carbocycles. The van der Waals surface area contributed by atoms with Crippen molar-refractivity contribution >= 4 is 49.3 Å². The molecule has 1 amide bonds. The fourth-order valence-corrected chi connectivity index (χ4v) is 5.45. The molecular weight excluding hydrogens is 450 g/mol. The standard InChI is InChI=1S/C23H22ClN3O4S/c24-16-9-11-18(12-10-16)32(30,31)26(15-23(25)29)13-17(28)14-27-21-7-3-1-5-19(21)20-6-2-4-8-22(20)27/h1-12,17,28H,13-15H2,(H2,25,29). The lowest BCUT2D eigenvalue weighted by atomic mass is 10.2. The van der Waals surface area contributed by atoms with Gasteiger partial charge in [0, 0.05) is 33.4 Å². The predicted octanol–water partition coefficient (Wildman–Crippen LogP) is 2.99. The van der Waals surface area contributed by atoms with Crippen LogP contribution in [0.2, 0.25) is 5.02 Å². The van der Waals surface area contributed by atoms with Gasteiger partial charge in [-0.2, -0.15) is 4.31 Å². The first-order valence-electron chi connectivity index (χ1n) is 9.95. The Hall–Kier alpha value is -2.91. The van der Waals surface area contributed by atoms with Crippen molar-refractivity contribution in [3.05, 3.63) is 77.8 Å². The Labute approximate surface area is 190 Å². The van der Waals surface area contributed by atoms with Crippen LogP contribution in [0, 0.1) is 0 Å². The van der Waals surface area contributed by atoms with Crippen LogP contribution in [0.1, 0.15) is 0 Å². The number of hydrogen-bond acceptors (Lipinski definition) is 4. The van der Waals surface area contributed by atoms with E-state index in [0.717, 1.165) is 26.1 Å². The molecule has 0 spiro atoms. The maximum Gasteiger partial charge on any atom is 0.243 e. The summed E-state index contributed by atoms with van der Waals surface area (Å²) in [5.41, 5.74) is 7.15. The molecule has 32 heavy (non-hydrogen) atoms. The van der Waals surface area contributed by atoms with Gasteiger partial charge in [0.25, 0.3) is 0 Å². The number of sulfonamides is 1. The molecule has 0 bridgehead atoms. The Morgan fingerprint density at radius 2 is 1.50 bits per heavy atom. The lowest BCUT2D eigenvalue weighted by molar-refractivity contribution is -0.118. The number of nitrogens with zero attached hydrogens (tertiary/aromatic N) is 2. The molecule has 3 N–H and O–H groups in total. The number of carbonyl (C=O) groups is 1. The van der Waals surface area contributed by atoms with Crippen molar-refractivity contribution in [2.45, 2.75) is 17.5 Å². The van der Waals surface area contributed by atoms with Crippen molar-refractivity contribution in [2.75, 3.05) is 13.1 Å². The number of primary amides is 1. The summed E-state index contributed by atoms with van der Waals surface area (Å²) >= 11 is 5.86. The summed E-state index contributed by atoms with van der Waals surface area (Å²) in [5, 5.41) is 13.3. The van der Waals surface area contributed by atoms with Crippen LogP contribution in [0.4, 0.5) is 0 Å². The molecule has 1 heterocycles. The maximum absolute atomic E-state index is 13.1. The summed E-state index contributed by atoms with van der Waals surface area (Å²) in [5.74, 6) is -0.813. The van der Waals surface area contributed by atoms with Crippen LogP contribution in [0.3, 0.4) is 0 Å². The summed E-state index contributed by atoms with van der Waals surface area (Å²) in [7, 11) is -4.07. The number of fused-ring (bicyclic) bond motifs is 3. The minimum Gasteiger partial charge on any atom is -0.390 e. The van der Waals surface area contributed by atoms with E-state index in [1.165, 1.54) is 24.3 Å². The molecule has 1 unspecified atom stereocenters. The van der Waals surface area contributed by atoms with Gasteiger partial charge in [-0.05, 0) is 36.4 Å². The van der Waals surface area contributed by atoms with Gasteiger partial charge in [0.05, 0.1) is 24.1 Å². The Kier molecular flexibility index (Phi) is 6.21. The van der Waals surface area contributed by atoms with Crippen LogP contribution in [0.5, 0.6) is 0 Å². The molecule has 0 saturated carbocycles. The zero-order valence-corrected chi connectivity index (χ0v) is 18.6. The van der Waals surface area contributed by atoms with Crippen LogP contribution < -0.4 is 5.73 Å². The van der Waals surface area contributed by atoms with Crippen LogP contribution in [0.15, 0.2) is 77.7 Å². The van der Waals surface area contributed by atoms with Crippen molar-refractivity contribution in [1.82, 2.24) is 8.87 Å². The average Bonchev–Trinajstić information content (AvgIpc) is 3.07. The molecule has 0 fully saturated rings. The molecule has 0 aliphatic heterocycles. The number of aliphatic hydroxyl groups is 1. The minimum atomic E-state index is -4.07. The van der Waals surface area contributed by atoms with Gasteiger partial charge in [-0.3, -0.25) is 4.79 Å². The third kappa shape index (κ3) is 4.35. The third-order valence-corrected chi connectivity index (χ3v) is 7.35. The van der Waals surface area contributed by atoms with E-state index in [1.54, 1.807) is 0 Å². The number of aromatic nitrogens is 1. The molecule has 7 nitrogen and oxygen atoms in total. The zero-order valence-electron chi connectivity index (χ0n) is 17.1. The molecule has 4 aromatic rings. The van der Waals surface area contributed by atoms with Gasteiger partial charge < -0.3 is 15.4 Å². The fraction of sp³-hybridized carbons (Fsp3) is 0.174. The van der Waals surface area contributed by atoms with E-state index in [0.29, 0.717) is 5.02 Å². The highest BCUT2D eigenvalue weighted by Gasteiger charge is 2.28. The molecule has 1 atom stereocenters. The van der Waals surface area contributed by atoms with Gasteiger partial charge in [-0.25, -0.2) is 8.42 Å². The number of amides is 1. The van der Waals surface area contributed by atoms with Crippen LogP contribution in [0.25, 0.3) is 21.8 Å². The Morgan fingerprint density at radius 1 is 0.969 bits per heavy atom. The SMILES string of the molecule is NC(=O)CN(CC(O)Cn1c2ccccc2c2ccccc21)S(=O)(=O)c1ccc(Cl)cc1. The number of aliphatic hydroxyl groups excluding tert-OH is 1. The van der Waals surface area contributed by atoms with E-state index in [4.69, 9.17) is 17.3 Å². The van der Waals surface area contributed by atoms with Gasteiger partial charge >= 0.3 is 0 Å². The second kappa shape index (κ2) is 8.91. The first kappa shape index (κ1) is 22.3. The van der Waals surface area contributed by atoms with Gasteiger partial charge in [-0.1, -0.05) is 48.0 Å². The lowest BCUT2D eigenvalue weighted by Gasteiger charge is -2.24. The first-order chi connectivity index (χ1) is 15.3. The number of hydrogen-bond donors (Lipinski definition) is 2. The number of carbonyl (C=O) groups excluding carboxylic acids is 1. The van der Waals surface area contributed by atoms with E-state index in [2.05, 4.69) is 0 Å². The van der Waals surface area contributed by atoms with E-state index < -0.39 is 28.6 Å². The smallest absolute Gasteiger partial charge is 0.243 e. The highest BCUT2D eigenvalue weighted by molar-refractivity contribution is 7.89. The minimum absolute atomic E-state index is 0.0350. The van der Waals surface area contributed by atoms with E-state index in [-0.39, 0.29) is 18.0 Å². The molecule has 0 aliphatic rings. The summed E-state index contributed by atoms with van der Waals surface area (Å²) in [6.07, 6.45) is -1.09. The quantitative estimate of drug-likeness (QED) is 0.412. The monoisotopic (exact) mass is 471 g/mol. The highest BCUT2D eigenvalue weighted by atomic mass is 35.5. The number of rotatable bonds is 8. The topological polar surface area (TPSA) is 106 Å². The van der Waals surface area contributed by atoms with Gasteiger partial charge in [0.1, 0.15) is 0 Å². The summed E-state index contributed by atoms with van der Waals surface area (Å²) in [4.78, 5) is 11.6. The molecule has 166 valence electrons. The molecule has 3 aromatic carbocycles. The molecule has 0 saturated heterocycles.